The van der Waals surface area contributed by atoms with Crippen LogP contribution in [0.15, 0.2) is 4.52 Å². The van der Waals surface area contributed by atoms with E-state index in [2.05, 4.69) is 10.1 Å². The molecule has 1 aromatic rings. The van der Waals surface area contributed by atoms with Crippen LogP contribution in [0, 0.1) is 11.3 Å². The fourth-order valence-electron chi connectivity index (χ4n) is 2.21. The summed E-state index contributed by atoms with van der Waals surface area (Å²) in [5, 5.41) is 12.9. The van der Waals surface area contributed by atoms with Gasteiger partial charge < -0.3 is 14.5 Å². The number of aliphatic carboxylic acids is 1. The zero-order valence-electron chi connectivity index (χ0n) is 10.5. The molecule has 1 N–H and O–H groups in total. The van der Waals surface area contributed by atoms with E-state index in [1.807, 2.05) is 32.7 Å². The average Bonchev–Trinajstić information content (AvgIpc) is 2.64. The van der Waals surface area contributed by atoms with Crippen LogP contribution in [0.25, 0.3) is 0 Å². The van der Waals surface area contributed by atoms with E-state index in [1.54, 1.807) is 0 Å². The Hall–Kier alpha value is -1.59. The summed E-state index contributed by atoms with van der Waals surface area (Å²) >= 11 is 0. The number of carboxylic acids is 1. The van der Waals surface area contributed by atoms with E-state index in [0.29, 0.717) is 11.8 Å². The summed E-state index contributed by atoms with van der Waals surface area (Å²) in [5.74, 6) is -0.468. The number of carboxylic acid groups (broad SMARTS) is 1. The van der Waals surface area contributed by atoms with Crippen LogP contribution in [0.2, 0.25) is 0 Å². The number of hydrogen-bond acceptors (Lipinski definition) is 5. The molecule has 0 aromatic carbocycles. The van der Waals surface area contributed by atoms with E-state index in [-0.39, 0.29) is 11.3 Å². The van der Waals surface area contributed by atoms with Crippen molar-refractivity contribution in [1.29, 1.82) is 0 Å². The number of rotatable bonds is 4. The number of aromatic nitrogens is 2. The standard InChI is InChI=1S/C11H17N3O3/c1-5-14(4)10-12-8(17-13-10)6-7(9(15)16)11(6,2)3/h6-7H,5H2,1-4H3,(H,15,16). The molecular weight excluding hydrogens is 222 g/mol. The molecule has 0 radical (unpaired) electrons. The van der Waals surface area contributed by atoms with Crippen molar-refractivity contribution in [3.63, 3.8) is 0 Å². The van der Waals surface area contributed by atoms with Gasteiger partial charge in [-0.3, -0.25) is 4.79 Å². The van der Waals surface area contributed by atoms with E-state index < -0.39 is 11.9 Å². The van der Waals surface area contributed by atoms with Crippen LogP contribution in [-0.4, -0.2) is 34.8 Å². The van der Waals surface area contributed by atoms with E-state index in [9.17, 15) is 4.79 Å². The molecule has 2 atom stereocenters. The molecule has 2 rings (SSSR count). The van der Waals surface area contributed by atoms with E-state index in [0.717, 1.165) is 6.54 Å². The zero-order chi connectivity index (χ0) is 12.8. The molecule has 6 nitrogen and oxygen atoms in total. The summed E-state index contributed by atoms with van der Waals surface area (Å²) in [6.45, 7) is 6.57. The Morgan fingerprint density at radius 1 is 1.59 bits per heavy atom. The monoisotopic (exact) mass is 239 g/mol. The first-order valence-electron chi connectivity index (χ1n) is 5.67. The summed E-state index contributed by atoms with van der Waals surface area (Å²) in [7, 11) is 1.86. The summed E-state index contributed by atoms with van der Waals surface area (Å²) in [5.41, 5.74) is -0.305. The number of anilines is 1. The highest BCUT2D eigenvalue weighted by atomic mass is 16.5. The lowest BCUT2D eigenvalue weighted by Gasteiger charge is -2.08. The summed E-state index contributed by atoms with van der Waals surface area (Å²) in [6.07, 6.45) is 0. The molecule has 94 valence electrons. The van der Waals surface area contributed by atoms with E-state index in [4.69, 9.17) is 9.63 Å². The molecule has 2 unspecified atom stereocenters. The Kier molecular flexibility index (Phi) is 2.60. The minimum Gasteiger partial charge on any atom is -0.481 e. The maximum Gasteiger partial charge on any atom is 0.307 e. The van der Waals surface area contributed by atoms with Crippen LogP contribution in [0.5, 0.6) is 0 Å². The van der Waals surface area contributed by atoms with Gasteiger partial charge in [0.2, 0.25) is 5.89 Å². The number of nitrogens with zero attached hydrogens (tertiary/aromatic N) is 3. The first-order valence-corrected chi connectivity index (χ1v) is 5.67. The van der Waals surface area contributed by atoms with Gasteiger partial charge in [-0.15, -0.1) is 0 Å². The number of carbonyl (C=O) groups is 1. The van der Waals surface area contributed by atoms with Gasteiger partial charge in [-0.1, -0.05) is 13.8 Å². The van der Waals surface area contributed by atoms with Crippen molar-refractivity contribution < 1.29 is 14.4 Å². The predicted molar refractivity (Wildman–Crippen MR) is 60.9 cm³/mol. The molecule has 17 heavy (non-hydrogen) atoms. The molecule has 1 aliphatic rings. The first kappa shape index (κ1) is 11.9. The van der Waals surface area contributed by atoms with Crippen molar-refractivity contribution in [2.24, 2.45) is 11.3 Å². The maximum absolute atomic E-state index is 11.1. The largest absolute Gasteiger partial charge is 0.481 e. The van der Waals surface area contributed by atoms with Crippen LogP contribution in [0.1, 0.15) is 32.6 Å². The fourth-order valence-corrected chi connectivity index (χ4v) is 2.21. The highest BCUT2D eigenvalue weighted by Crippen LogP contribution is 2.64. The van der Waals surface area contributed by atoms with Crippen LogP contribution >= 0.6 is 0 Å². The molecule has 1 aromatic heterocycles. The van der Waals surface area contributed by atoms with Gasteiger partial charge in [0.05, 0.1) is 11.8 Å². The topological polar surface area (TPSA) is 79.5 Å². The third-order valence-corrected chi connectivity index (χ3v) is 3.61. The third kappa shape index (κ3) is 1.77. The van der Waals surface area contributed by atoms with Gasteiger partial charge in [-0.05, 0) is 17.5 Å². The lowest BCUT2D eigenvalue weighted by molar-refractivity contribution is -0.139. The van der Waals surface area contributed by atoms with Crippen LogP contribution in [0.3, 0.4) is 0 Å². The molecule has 1 heterocycles. The molecule has 0 amide bonds. The van der Waals surface area contributed by atoms with Crippen molar-refractivity contribution in [3.8, 4) is 0 Å². The van der Waals surface area contributed by atoms with Gasteiger partial charge in [0.25, 0.3) is 5.95 Å². The minimum atomic E-state index is -0.802. The molecule has 0 spiro atoms. The smallest absolute Gasteiger partial charge is 0.307 e. The van der Waals surface area contributed by atoms with E-state index >= 15 is 0 Å². The second kappa shape index (κ2) is 3.72. The molecular formula is C11H17N3O3. The Labute approximate surface area is 99.6 Å². The first-order chi connectivity index (χ1) is 7.89. The SMILES string of the molecule is CCN(C)c1noc(C2C(C(=O)O)C2(C)C)n1. The summed E-state index contributed by atoms with van der Waals surface area (Å²) < 4.78 is 5.16. The third-order valence-electron chi connectivity index (χ3n) is 3.61. The normalized spacial score (nSPS) is 25.6. The van der Waals surface area contributed by atoms with Gasteiger partial charge in [-0.25, -0.2) is 0 Å². The molecule has 0 bridgehead atoms. The minimum absolute atomic E-state index is 0.175. The molecule has 0 saturated heterocycles. The predicted octanol–water partition coefficient (Wildman–Crippen LogP) is 1.35. The highest BCUT2D eigenvalue weighted by Gasteiger charge is 2.65. The van der Waals surface area contributed by atoms with Crippen LogP contribution in [0.4, 0.5) is 5.95 Å². The average molecular weight is 239 g/mol. The summed E-state index contributed by atoms with van der Waals surface area (Å²) in [4.78, 5) is 17.2. The Bertz CT molecular complexity index is 441. The Morgan fingerprint density at radius 3 is 2.71 bits per heavy atom. The quantitative estimate of drug-likeness (QED) is 0.854. The molecule has 6 heteroatoms. The molecule has 1 saturated carbocycles. The van der Waals surface area contributed by atoms with E-state index in [1.165, 1.54) is 0 Å². The van der Waals surface area contributed by atoms with Crippen LogP contribution in [-0.2, 0) is 4.79 Å². The van der Waals surface area contributed by atoms with Crippen molar-refractivity contribution in [1.82, 2.24) is 10.1 Å². The second-order valence-corrected chi connectivity index (χ2v) is 5.06. The lowest BCUT2D eigenvalue weighted by atomic mass is 10.1. The molecule has 0 aliphatic heterocycles. The highest BCUT2D eigenvalue weighted by molar-refractivity contribution is 5.77. The van der Waals surface area contributed by atoms with Crippen molar-refractivity contribution >= 4 is 11.9 Å². The van der Waals surface area contributed by atoms with Gasteiger partial charge in [0, 0.05) is 13.6 Å². The van der Waals surface area contributed by atoms with Gasteiger partial charge in [0.1, 0.15) is 0 Å². The van der Waals surface area contributed by atoms with Gasteiger partial charge in [-0.2, -0.15) is 4.98 Å². The number of hydrogen-bond donors (Lipinski definition) is 1. The Morgan fingerprint density at radius 2 is 2.24 bits per heavy atom. The zero-order valence-corrected chi connectivity index (χ0v) is 10.5. The van der Waals surface area contributed by atoms with Crippen LogP contribution < -0.4 is 4.90 Å². The Balaban J connectivity index is 2.20. The lowest BCUT2D eigenvalue weighted by Crippen LogP contribution is -2.17. The van der Waals surface area contributed by atoms with Gasteiger partial charge in [0.15, 0.2) is 0 Å². The van der Waals surface area contributed by atoms with Crippen molar-refractivity contribution in [2.45, 2.75) is 26.7 Å². The fraction of sp³-hybridized carbons (Fsp3) is 0.727. The maximum atomic E-state index is 11.1. The van der Waals surface area contributed by atoms with Crippen molar-refractivity contribution in [2.75, 3.05) is 18.5 Å². The molecule has 1 fully saturated rings. The molecule has 1 aliphatic carbocycles. The van der Waals surface area contributed by atoms with Gasteiger partial charge >= 0.3 is 5.97 Å². The second-order valence-electron chi connectivity index (χ2n) is 5.06. The summed E-state index contributed by atoms with van der Waals surface area (Å²) in [6, 6.07) is 0. The van der Waals surface area contributed by atoms with Crippen molar-refractivity contribution in [3.05, 3.63) is 5.89 Å².